The number of anilines is 1. The molecule has 0 saturated carbocycles. The minimum atomic E-state index is -4.70. The standard InChI is InChI=1S/C29H24F4N4O3/c30-22-9-10-37(16-22)28(39)19-5-3-18(4-6-19)20-11-21-12-23(40-27(21)24(13-20)29(31,32)33)15-36-26(38)8-2-17-1-7-25(34)35-14-17/h1-8,11-14,22H,9-10,15-16H2,(H2,34,35)(H,36,38)/b8-2+. The fourth-order valence-electron chi connectivity index (χ4n) is 4.48. The van der Waals surface area contributed by atoms with Gasteiger partial charge in [-0.15, -0.1) is 0 Å². The third-order valence-electron chi connectivity index (χ3n) is 6.53. The quantitative estimate of drug-likeness (QED) is 0.239. The number of amides is 2. The number of fused-ring (bicyclic) bond motifs is 1. The smallest absolute Gasteiger partial charge is 0.420 e. The lowest BCUT2D eigenvalue weighted by Gasteiger charge is -2.15. The SMILES string of the molecule is Nc1ccc(/C=C/C(=O)NCc2cc3cc(-c4ccc(C(=O)N5CCC(F)C5)cc4)cc(C(F)(F)F)c3o2)cn1. The molecule has 2 amide bonds. The zero-order valence-corrected chi connectivity index (χ0v) is 21.0. The van der Waals surface area contributed by atoms with E-state index in [1.165, 1.54) is 41.4 Å². The summed E-state index contributed by atoms with van der Waals surface area (Å²) in [5.74, 6) is -0.305. The Kier molecular flexibility index (Phi) is 7.29. The van der Waals surface area contributed by atoms with Gasteiger partial charge in [-0.1, -0.05) is 12.1 Å². The van der Waals surface area contributed by atoms with Crippen LogP contribution >= 0.6 is 0 Å². The molecule has 206 valence electrons. The van der Waals surface area contributed by atoms with Crippen LogP contribution < -0.4 is 11.1 Å². The largest absolute Gasteiger partial charge is 0.459 e. The normalized spacial score (nSPS) is 15.7. The molecule has 0 bridgehead atoms. The Morgan fingerprint density at radius 1 is 1.10 bits per heavy atom. The maximum absolute atomic E-state index is 14.0. The summed E-state index contributed by atoms with van der Waals surface area (Å²) in [6.07, 6.45) is -1.17. The maximum Gasteiger partial charge on any atom is 0.420 e. The summed E-state index contributed by atoms with van der Waals surface area (Å²) < 4.78 is 60.9. The summed E-state index contributed by atoms with van der Waals surface area (Å²) in [5, 5.41) is 2.80. The second-order valence-electron chi connectivity index (χ2n) is 9.43. The molecular formula is C29H24F4N4O3. The number of hydrogen-bond donors (Lipinski definition) is 2. The predicted molar refractivity (Wildman–Crippen MR) is 142 cm³/mol. The minimum Gasteiger partial charge on any atom is -0.459 e. The molecule has 7 nitrogen and oxygen atoms in total. The van der Waals surface area contributed by atoms with E-state index in [9.17, 15) is 27.2 Å². The van der Waals surface area contributed by atoms with Gasteiger partial charge in [0.05, 0.1) is 18.7 Å². The van der Waals surface area contributed by atoms with Crippen molar-refractivity contribution in [2.75, 3.05) is 18.8 Å². The molecule has 4 aromatic rings. The molecule has 1 unspecified atom stereocenters. The van der Waals surface area contributed by atoms with Crippen LogP contribution in [0.5, 0.6) is 0 Å². The minimum absolute atomic E-state index is 0.0336. The van der Waals surface area contributed by atoms with Crippen LogP contribution in [0.15, 0.2) is 71.3 Å². The molecule has 3 N–H and O–H groups in total. The molecule has 1 saturated heterocycles. The third-order valence-corrected chi connectivity index (χ3v) is 6.53. The average Bonchev–Trinajstić information content (AvgIpc) is 3.56. The topological polar surface area (TPSA) is 101 Å². The van der Waals surface area contributed by atoms with Crippen molar-refractivity contribution in [3.63, 3.8) is 0 Å². The van der Waals surface area contributed by atoms with Gasteiger partial charge in [0.15, 0.2) is 0 Å². The van der Waals surface area contributed by atoms with Gasteiger partial charge in [0.25, 0.3) is 5.91 Å². The first-order chi connectivity index (χ1) is 19.1. The number of pyridine rings is 1. The lowest BCUT2D eigenvalue weighted by atomic mass is 9.99. The number of halogens is 4. The molecule has 1 fully saturated rings. The summed E-state index contributed by atoms with van der Waals surface area (Å²) in [7, 11) is 0. The van der Waals surface area contributed by atoms with Crippen LogP contribution in [0.2, 0.25) is 0 Å². The zero-order chi connectivity index (χ0) is 28.4. The number of benzene rings is 2. The molecule has 5 rings (SSSR count). The Morgan fingerprint density at radius 2 is 1.88 bits per heavy atom. The molecule has 0 aliphatic carbocycles. The Labute approximate surface area is 226 Å². The van der Waals surface area contributed by atoms with Crippen molar-refractivity contribution in [2.24, 2.45) is 0 Å². The molecule has 3 heterocycles. The number of furan rings is 1. The first-order valence-corrected chi connectivity index (χ1v) is 12.4. The molecule has 2 aromatic heterocycles. The van der Waals surface area contributed by atoms with E-state index in [-0.39, 0.29) is 41.3 Å². The monoisotopic (exact) mass is 552 g/mol. The van der Waals surface area contributed by atoms with Gasteiger partial charge in [-0.05, 0) is 71.7 Å². The lowest BCUT2D eigenvalue weighted by Crippen LogP contribution is -2.28. The van der Waals surface area contributed by atoms with Crippen LogP contribution in [-0.4, -0.2) is 41.0 Å². The van der Waals surface area contributed by atoms with Crippen molar-refractivity contribution in [3.05, 3.63) is 89.3 Å². The van der Waals surface area contributed by atoms with Crippen LogP contribution in [0.1, 0.15) is 33.7 Å². The highest BCUT2D eigenvalue weighted by atomic mass is 19.4. The van der Waals surface area contributed by atoms with Gasteiger partial charge in [-0.2, -0.15) is 13.2 Å². The van der Waals surface area contributed by atoms with Gasteiger partial charge >= 0.3 is 6.18 Å². The van der Waals surface area contributed by atoms with Crippen LogP contribution in [0.4, 0.5) is 23.4 Å². The lowest BCUT2D eigenvalue weighted by molar-refractivity contribution is -0.136. The van der Waals surface area contributed by atoms with E-state index in [2.05, 4.69) is 10.3 Å². The molecule has 1 atom stereocenters. The summed E-state index contributed by atoms with van der Waals surface area (Å²) in [4.78, 5) is 30.1. The molecule has 0 radical (unpaired) electrons. The highest BCUT2D eigenvalue weighted by Crippen LogP contribution is 2.39. The summed E-state index contributed by atoms with van der Waals surface area (Å²) in [6.45, 7) is 0.232. The number of rotatable bonds is 6. The van der Waals surface area contributed by atoms with Gasteiger partial charge in [-0.25, -0.2) is 9.37 Å². The van der Waals surface area contributed by atoms with Crippen LogP contribution in [0, 0.1) is 0 Å². The van der Waals surface area contributed by atoms with Gasteiger partial charge in [0, 0.05) is 29.8 Å². The van der Waals surface area contributed by atoms with Crippen molar-refractivity contribution < 1.29 is 31.6 Å². The number of nitrogen functional groups attached to an aromatic ring is 1. The highest BCUT2D eigenvalue weighted by molar-refractivity contribution is 5.95. The van der Waals surface area contributed by atoms with Gasteiger partial charge < -0.3 is 20.4 Å². The highest BCUT2D eigenvalue weighted by Gasteiger charge is 2.35. The van der Waals surface area contributed by atoms with Crippen molar-refractivity contribution in [2.45, 2.75) is 25.3 Å². The molecule has 2 aromatic carbocycles. The first kappa shape index (κ1) is 26.9. The van der Waals surface area contributed by atoms with Crippen LogP contribution in [0.25, 0.3) is 28.2 Å². The molecule has 1 aliphatic rings. The Balaban J connectivity index is 1.35. The Hall–Kier alpha value is -4.67. The molecule has 0 spiro atoms. The number of likely N-dealkylation sites (tertiary alicyclic amines) is 1. The van der Waals surface area contributed by atoms with Crippen LogP contribution in [0.3, 0.4) is 0 Å². The van der Waals surface area contributed by atoms with Crippen LogP contribution in [-0.2, 0) is 17.5 Å². The van der Waals surface area contributed by atoms with Crippen molar-refractivity contribution in [1.82, 2.24) is 15.2 Å². The van der Waals surface area contributed by atoms with E-state index < -0.39 is 23.8 Å². The third kappa shape index (κ3) is 5.98. The van der Waals surface area contributed by atoms with E-state index in [0.29, 0.717) is 35.5 Å². The van der Waals surface area contributed by atoms with Gasteiger partial charge in [0.2, 0.25) is 5.91 Å². The maximum atomic E-state index is 14.0. The summed E-state index contributed by atoms with van der Waals surface area (Å²) in [6, 6.07) is 13.4. The van der Waals surface area contributed by atoms with E-state index in [1.54, 1.807) is 30.3 Å². The number of aromatic nitrogens is 1. The number of nitrogens with one attached hydrogen (secondary N) is 1. The Morgan fingerprint density at radius 3 is 2.52 bits per heavy atom. The first-order valence-electron chi connectivity index (χ1n) is 12.4. The number of nitrogens with zero attached hydrogens (tertiary/aromatic N) is 2. The number of carbonyl (C=O) groups is 2. The number of nitrogens with two attached hydrogens (primary N) is 1. The van der Waals surface area contributed by atoms with Gasteiger partial charge in [0.1, 0.15) is 23.3 Å². The second-order valence-corrected chi connectivity index (χ2v) is 9.43. The van der Waals surface area contributed by atoms with E-state index >= 15 is 0 Å². The summed E-state index contributed by atoms with van der Waals surface area (Å²) >= 11 is 0. The Bertz CT molecular complexity index is 1580. The number of alkyl halides is 4. The molecular weight excluding hydrogens is 528 g/mol. The average molecular weight is 553 g/mol. The number of carbonyl (C=O) groups excluding carboxylic acids is 2. The van der Waals surface area contributed by atoms with Gasteiger partial charge in [-0.3, -0.25) is 9.59 Å². The van der Waals surface area contributed by atoms with Crippen molar-refractivity contribution >= 4 is 34.7 Å². The van der Waals surface area contributed by atoms with E-state index in [1.807, 2.05) is 0 Å². The molecule has 11 heteroatoms. The fourth-order valence-corrected chi connectivity index (χ4v) is 4.48. The van der Waals surface area contributed by atoms with Crippen molar-refractivity contribution in [1.29, 1.82) is 0 Å². The molecule has 40 heavy (non-hydrogen) atoms. The summed E-state index contributed by atoms with van der Waals surface area (Å²) in [5.41, 5.74) is 5.95. The van der Waals surface area contributed by atoms with Crippen molar-refractivity contribution in [3.8, 4) is 11.1 Å². The fraction of sp³-hybridized carbons (Fsp3) is 0.207. The number of hydrogen-bond acceptors (Lipinski definition) is 5. The zero-order valence-electron chi connectivity index (χ0n) is 21.0. The van der Waals surface area contributed by atoms with E-state index in [0.717, 1.165) is 6.07 Å². The van der Waals surface area contributed by atoms with E-state index in [4.69, 9.17) is 10.2 Å². The second kappa shape index (κ2) is 10.8. The molecule has 1 aliphatic heterocycles. The predicted octanol–water partition coefficient (Wildman–Crippen LogP) is 5.61.